The van der Waals surface area contributed by atoms with Crippen LogP contribution in [0.3, 0.4) is 0 Å². The SMILES string of the molecule is O=C(O)[C@H](CCOCCCCc1ccc2c(n1)NCCC2)NC(=O)C1(n2c(=O)ccc3ccccc32)CC1. The number of carbonyl (C=O) groups excluding carboxylic acids is 1. The summed E-state index contributed by atoms with van der Waals surface area (Å²) in [6.07, 6.45) is 5.97. The van der Waals surface area contributed by atoms with Crippen molar-refractivity contribution in [2.24, 2.45) is 0 Å². The Hall–Kier alpha value is -3.72. The molecule has 3 aromatic rings. The van der Waals surface area contributed by atoms with E-state index in [1.807, 2.05) is 24.3 Å². The number of amides is 1. The molecule has 1 saturated carbocycles. The van der Waals surface area contributed by atoms with Gasteiger partial charge in [-0.2, -0.15) is 0 Å². The van der Waals surface area contributed by atoms with Crippen LogP contribution in [0.15, 0.2) is 53.3 Å². The number of hydrogen-bond acceptors (Lipinski definition) is 6. The normalized spacial score (nSPS) is 16.3. The van der Waals surface area contributed by atoms with Crippen LogP contribution in [-0.2, 0) is 32.7 Å². The molecule has 9 heteroatoms. The first-order chi connectivity index (χ1) is 18.5. The molecule has 0 radical (unpaired) electrons. The second-order valence-corrected chi connectivity index (χ2v) is 10.2. The molecule has 0 saturated heterocycles. The molecule has 3 heterocycles. The molecule has 1 fully saturated rings. The van der Waals surface area contributed by atoms with Crippen LogP contribution in [0.1, 0.15) is 49.8 Å². The summed E-state index contributed by atoms with van der Waals surface area (Å²) in [6.45, 7) is 1.70. The molecule has 5 rings (SSSR count). The highest BCUT2D eigenvalue weighted by Crippen LogP contribution is 2.44. The van der Waals surface area contributed by atoms with E-state index in [1.54, 1.807) is 6.07 Å². The highest BCUT2D eigenvalue weighted by molar-refractivity contribution is 5.93. The molecule has 1 amide bonds. The van der Waals surface area contributed by atoms with Gasteiger partial charge in [-0.3, -0.25) is 14.2 Å². The molecule has 9 nitrogen and oxygen atoms in total. The second-order valence-electron chi connectivity index (χ2n) is 10.2. The van der Waals surface area contributed by atoms with Crippen molar-refractivity contribution in [3.8, 4) is 0 Å². The fourth-order valence-electron chi connectivity index (χ4n) is 5.17. The number of unbranched alkanes of at least 4 members (excludes halogenated alkanes) is 1. The number of rotatable bonds is 12. The van der Waals surface area contributed by atoms with Gasteiger partial charge in [0.05, 0.1) is 5.52 Å². The van der Waals surface area contributed by atoms with Crippen LogP contribution in [-0.4, -0.2) is 52.3 Å². The fraction of sp³-hybridized carbons (Fsp3) is 0.448. The average Bonchev–Trinajstić information content (AvgIpc) is 3.73. The van der Waals surface area contributed by atoms with Gasteiger partial charge in [-0.25, -0.2) is 9.78 Å². The molecular weight excluding hydrogens is 484 g/mol. The van der Waals surface area contributed by atoms with Crippen LogP contribution >= 0.6 is 0 Å². The van der Waals surface area contributed by atoms with Gasteiger partial charge in [0.1, 0.15) is 17.4 Å². The number of carboxylic acids is 1. The number of aliphatic carboxylic acids is 1. The first kappa shape index (κ1) is 25.9. The number of carboxylic acid groups (broad SMARTS) is 1. The summed E-state index contributed by atoms with van der Waals surface area (Å²) in [7, 11) is 0. The van der Waals surface area contributed by atoms with Crippen LogP contribution in [0.2, 0.25) is 0 Å². The molecule has 0 unspecified atom stereocenters. The minimum absolute atomic E-state index is 0.152. The molecule has 1 aliphatic heterocycles. The first-order valence-corrected chi connectivity index (χ1v) is 13.4. The van der Waals surface area contributed by atoms with E-state index < -0.39 is 23.5 Å². The summed E-state index contributed by atoms with van der Waals surface area (Å²) in [5.41, 5.74) is 1.69. The standard InChI is InChI=1S/C29H34N4O5/c34-25-13-11-20-6-1-2-9-24(20)33(25)29(15-16-29)28(37)32-23(27(35)36)14-19-38-18-4-3-8-22-12-10-21-7-5-17-30-26(21)31-22/h1-2,6,9-13,23H,3-5,7-8,14-19H2,(H,30,31)(H,32,37)(H,35,36)/t23-/m0/s1. The Morgan fingerprint density at radius 2 is 1.95 bits per heavy atom. The van der Waals surface area contributed by atoms with E-state index in [4.69, 9.17) is 9.72 Å². The number of para-hydroxylation sites is 1. The molecule has 2 aliphatic rings. The van der Waals surface area contributed by atoms with E-state index in [9.17, 15) is 19.5 Å². The Balaban J connectivity index is 1.09. The van der Waals surface area contributed by atoms with E-state index in [-0.39, 0.29) is 18.6 Å². The molecule has 3 N–H and O–H groups in total. The number of ether oxygens (including phenoxy) is 1. The quantitative estimate of drug-likeness (QED) is 0.315. The van der Waals surface area contributed by atoms with E-state index in [0.717, 1.165) is 55.5 Å². The maximum Gasteiger partial charge on any atom is 0.326 e. The highest BCUT2D eigenvalue weighted by Gasteiger charge is 2.53. The van der Waals surface area contributed by atoms with Crippen molar-refractivity contribution in [2.75, 3.05) is 25.1 Å². The predicted octanol–water partition coefficient (Wildman–Crippen LogP) is 3.24. The van der Waals surface area contributed by atoms with E-state index in [1.165, 1.54) is 16.2 Å². The third-order valence-electron chi connectivity index (χ3n) is 7.46. The van der Waals surface area contributed by atoms with Gasteiger partial charge in [-0.1, -0.05) is 24.3 Å². The van der Waals surface area contributed by atoms with E-state index in [2.05, 4.69) is 22.8 Å². The van der Waals surface area contributed by atoms with Crippen molar-refractivity contribution < 1.29 is 19.4 Å². The molecule has 1 aromatic carbocycles. The van der Waals surface area contributed by atoms with Gasteiger partial charge >= 0.3 is 5.97 Å². The number of nitrogens with zero attached hydrogens (tertiary/aromatic N) is 2. The molecule has 0 bridgehead atoms. The van der Waals surface area contributed by atoms with Crippen LogP contribution < -0.4 is 16.2 Å². The Kier molecular flexibility index (Phi) is 7.74. The number of carbonyl (C=O) groups is 2. The van der Waals surface area contributed by atoms with Gasteiger partial charge in [0.25, 0.3) is 5.56 Å². The number of pyridine rings is 2. The van der Waals surface area contributed by atoms with Gasteiger partial charge in [-0.15, -0.1) is 0 Å². The third kappa shape index (κ3) is 5.57. The zero-order chi connectivity index (χ0) is 26.5. The van der Waals surface area contributed by atoms with Gasteiger partial charge in [0, 0.05) is 37.9 Å². The van der Waals surface area contributed by atoms with Crippen LogP contribution in [0.25, 0.3) is 10.9 Å². The largest absolute Gasteiger partial charge is 0.480 e. The van der Waals surface area contributed by atoms with Crippen molar-refractivity contribution in [1.29, 1.82) is 0 Å². The van der Waals surface area contributed by atoms with Gasteiger partial charge in [-0.05, 0) is 74.1 Å². The summed E-state index contributed by atoms with van der Waals surface area (Å²) >= 11 is 0. The lowest BCUT2D eigenvalue weighted by Crippen LogP contribution is -2.49. The molecule has 38 heavy (non-hydrogen) atoms. The van der Waals surface area contributed by atoms with E-state index >= 15 is 0 Å². The van der Waals surface area contributed by atoms with Crippen molar-refractivity contribution >= 4 is 28.6 Å². The van der Waals surface area contributed by atoms with Crippen molar-refractivity contribution in [3.05, 3.63) is 70.1 Å². The summed E-state index contributed by atoms with van der Waals surface area (Å²) in [4.78, 5) is 42.6. The number of aromatic nitrogens is 2. The Morgan fingerprint density at radius 3 is 2.76 bits per heavy atom. The monoisotopic (exact) mass is 518 g/mol. The average molecular weight is 519 g/mol. The van der Waals surface area contributed by atoms with Gasteiger partial charge in [0.15, 0.2) is 0 Å². The lowest BCUT2D eigenvalue weighted by atomic mass is 10.1. The maximum atomic E-state index is 13.3. The molecule has 1 aliphatic carbocycles. The van der Waals surface area contributed by atoms with Crippen molar-refractivity contribution in [3.63, 3.8) is 0 Å². The number of aryl methyl sites for hydroxylation is 2. The van der Waals surface area contributed by atoms with Crippen molar-refractivity contribution in [1.82, 2.24) is 14.9 Å². The smallest absolute Gasteiger partial charge is 0.326 e. The topological polar surface area (TPSA) is 123 Å². The maximum absolute atomic E-state index is 13.3. The minimum atomic E-state index is -1.12. The number of nitrogens with one attached hydrogen (secondary N) is 2. The number of benzene rings is 1. The second kappa shape index (κ2) is 11.3. The molecule has 0 spiro atoms. The summed E-state index contributed by atoms with van der Waals surface area (Å²) in [6, 6.07) is 13.7. The Bertz CT molecular complexity index is 1380. The van der Waals surface area contributed by atoms with Crippen LogP contribution in [0.5, 0.6) is 0 Å². The van der Waals surface area contributed by atoms with Crippen LogP contribution in [0, 0.1) is 0 Å². The number of fused-ring (bicyclic) bond motifs is 2. The van der Waals surface area contributed by atoms with E-state index in [0.29, 0.717) is 25.0 Å². The van der Waals surface area contributed by atoms with Crippen molar-refractivity contribution in [2.45, 2.75) is 62.9 Å². The molecule has 2 aromatic heterocycles. The zero-order valence-corrected chi connectivity index (χ0v) is 21.4. The number of hydrogen-bond donors (Lipinski definition) is 3. The predicted molar refractivity (Wildman–Crippen MR) is 144 cm³/mol. The first-order valence-electron chi connectivity index (χ1n) is 13.4. The highest BCUT2D eigenvalue weighted by atomic mass is 16.5. The minimum Gasteiger partial charge on any atom is -0.480 e. The van der Waals surface area contributed by atoms with Crippen LogP contribution in [0.4, 0.5) is 5.82 Å². The Morgan fingerprint density at radius 1 is 1.11 bits per heavy atom. The van der Waals surface area contributed by atoms with Gasteiger partial charge < -0.3 is 20.5 Å². The lowest BCUT2D eigenvalue weighted by Gasteiger charge is -2.23. The number of anilines is 1. The fourth-order valence-corrected chi connectivity index (χ4v) is 5.17. The third-order valence-corrected chi connectivity index (χ3v) is 7.46. The zero-order valence-electron chi connectivity index (χ0n) is 21.4. The lowest BCUT2D eigenvalue weighted by molar-refractivity contribution is -0.143. The summed E-state index contributed by atoms with van der Waals surface area (Å²) in [5, 5.41) is 16.6. The summed E-state index contributed by atoms with van der Waals surface area (Å²) in [5.74, 6) is -0.546. The molecule has 200 valence electrons. The van der Waals surface area contributed by atoms with Gasteiger partial charge in [0.2, 0.25) is 5.91 Å². The molecular formula is C29H34N4O5. The Labute approximate surface area is 221 Å². The summed E-state index contributed by atoms with van der Waals surface area (Å²) < 4.78 is 7.20. The molecule has 1 atom stereocenters.